The molecule has 2 rings (SSSR count). The zero-order valence-electron chi connectivity index (χ0n) is 18.0. The topological polar surface area (TPSA) is 0 Å². The van der Waals surface area contributed by atoms with Crippen molar-refractivity contribution in [1.29, 1.82) is 0 Å². The number of aryl methyl sites for hydroxylation is 2. The summed E-state index contributed by atoms with van der Waals surface area (Å²) in [5.74, 6) is 7.51. The van der Waals surface area contributed by atoms with E-state index in [2.05, 4.69) is 37.5 Å². The number of unbranched alkanes of at least 4 members (excludes halogenated alkanes) is 4. The highest BCUT2D eigenvalue weighted by Gasteiger charge is 2.00. The van der Waals surface area contributed by atoms with E-state index in [1.165, 1.54) is 36.8 Å². The van der Waals surface area contributed by atoms with Gasteiger partial charge < -0.3 is 0 Å². The summed E-state index contributed by atoms with van der Waals surface area (Å²) in [7, 11) is 0. The van der Waals surface area contributed by atoms with E-state index in [0.29, 0.717) is 11.1 Å². The minimum absolute atomic E-state index is 0.653. The molecular formula is C28H30F2. The van der Waals surface area contributed by atoms with Crippen LogP contribution >= 0.6 is 0 Å². The number of halogens is 2. The lowest BCUT2D eigenvalue weighted by atomic mass is 10.0. The summed E-state index contributed by atoms with van der Waals surface area (Å²) in [6.45, 7) is 4.35. The van der Waals surface area contributed by atoms with Crippen molar-refractivity contribution in [3.8, 4) is 23.7 Å². The Hall–Kier alpha value is -2.84. The third-order valence-electron chi connectivity index (χ3n) is 4.87. The molecule has 0 bridgehead atoms. The van der Waals surface area contributed by atoms with Crippen molar-refractivity contribution >= 4 is 0 Å². The number of benzene rings is 2. The van der Waals surface area contributed by atoms with Crippen molar-refractivity contribution < 1.29 is 8.78 Å². The van der Waals surface area contributed by atoms with Gasteiger partial charge in [-0.1, -0.05) is 75.6 Å². The fraction of sp³-hybridized carbons (Fsp3) is 0.357. The maximum atomic E-state index is 13.9. The maximum absolute atomic E-state index is 13.9. The molecule has 0 N–H and O–H groups in total. The molecule has 0 aliphatic rings. The third kappa shape index (κ3) is 8.67. The fourth-order valence-electron chi connectivity index (χ4n) is 3.01. The summed E-state index contributed by atoms with van der Waals surface area (Å²) in [5, 5.41) is 0. The number of allylic oxidation sites excluding steroid dienone is 2. The van der Waals surface area contributed by atoms with Gasteiger partial charge in [-0.05, 0) is 72.9 Å². The normalized spacial score (nSPS) is 11.1. The van der Waals surface area contributed by atoms with Crippen LogP contribution in [-0.4, -0.2) is 0 Å². The summed E-state index contributed by atoms with van der Waals surface area (Å²) < 4.78 is 27.9. The molecule has 0 aliphatic carbocycles. The molecule has 0 aliphatic heterocycles. The van der Waals surface area contributed by atoms with Gasteiger partial charge in [0.05, 0.1) is 0 Å². The van der Waals surface area contributed by atoms with E-state index < -0.39 is 11.7 Å². The fourth-order valence-corrected chi connectivity index (χ4v) is 3.01. The summed E-state index contributed by atoms with van der Waals surface area (Å²) >= 11 is 0. The van der Waals surface area contributed by atoms with E-state index >= 15 is 0 Å². The highest BCUT2D eigenvalue weighted by molar-refractivity contribution is 5.45. The van der Waals surface area contributed by atoms with Crippen LogP contribution in [0.15, 0.2) is 60.2 Å². The van der Waals surface area contributed by atoms with E-state index in [9.17, 15) is 8.78 Å². The van der Waals surface area contributed by atoms with Gasteiger partial charge in [0.2, 0.25) is 11.7 Å². The van der Waals surface area contributed by atoms with Crippen molar-refractivity contribution in [2.45, 2.75) is 65.2 Å². The Labute approximate surface area is 180 Å². The van der Waals surface area contributed by atoms with E-state index in [4.69, 9.17) is 0 Å². The quantitative estimate of drug-likeness (QED) is 0.312. The average Bonchev–Trinajstić information content (AvgIpc) is 2.78. The molecule has 2 heteroatoms. The Morgan fingerprint density at radius 3 is 1.47 bits per heavy atom. The number of rotatable bonds is 8. The molecule has 0 spiro atoms. The minimum atomic E-state index is -1.13. The zero-order valence-corrected chi connectivity index (χ0v) is 18.0. The smallest absolute Gasteiger partial charge is 0.193 e. The van der Waals surface area contributed by atoms with Gasteiger partial charge in [0.15, 0.2) is 0 Å². The Balaban J connectivity index is 1.96. The summed E-state index contributed by atoms with van der Waals surface area (Å²) in [6.07, 6.45) is 9.20. The van der Waals surface area contributed by atoms with Gasteiger partial charge in [-0.3, -0.25) is 0 Å². The predicted molar refractivity (Wildman–Crippen MR) is 122 cm³/mol. The second-order valence-electron chi connectivity index (χ2n) is 7.44. The lowest BCUT2D eigenvalue weighted by molar-refractivity contribution is 0.584. The molecule has 0 amide bonds. The van der Waals surface area contributed by atoms with Crippen LogP contribution < -0.4 is 0 Å². The standard InChI is InChI=1S/C28H30F2/c1-3-5-7-8-10-24-13-17-26(18-14-24)20-22-28(30)27(29)21-19-25-15-11-23(12-16-25)9-6-4-2/h11-18H,3-10H2,1-2H3. The highest BCUT2D eigenvalue weighted by atomic mass is 19.2. The van der Waals surface area contributed by atoms with Gasteiger partial charge in [0.1, 0.15) is 0 Å². The average molecular weight is 405 g/mol. The Morgan fingerprint density at radius 2 is 1.03 bits per heavy atom. The molecule has 0 unspecified atom stereocenters. The number of hydrogen-bond donors (Lipinski definition) is 0. The van der Waals surface area contributed by atoms with Gasteiger partial charge in [0, 0.05) is 11.1 Å². The van der Waals surface area contributed by atoms with Crippen LogP contribution in [0.1, 0.15) is 74.6 Å². The van der Waals surface area contributed by atoms with Gasteiger partial charge in [-0.15, -0.1) is 0 Å². The predicted octanol–water partition coefficient (Wildman–Crippen LogP) is 7.71. The minimum Gasteiger partial charge on any atom is -0.193 e. The lowest BCUT2D eigenvalue weighted by Gasteiger charge is -2.01. The first-order chi connectivity index (χ1) is 14.6. The second-order valence-corrected chi connectivity index (χ2v) is 7.44. The van der Waals surface area contributed by atoms with E-state index in [1.807, 2.05) is 48.5 Å². The summed E-state index contributed by atoms with van der Waals surface area (Å²) in [5.41, 5.74) is 3.78. The van der Waals surface area contributed by atoms with Crippen LogP contribution in [0.3, 0.4) is 0 Å². The molecule has 0 heterocycles. The van der Waals surface area contributed by atoms with Crippen molar-refractivity contribution in [3.05, 3.63) is 82.4 Å². The molecule has 2 aromatic rings. The van der Waals surface area contributed by atoms with Gasteiger partial charge >= 0.3 is 0 Å². The van der Waals surface area contributed by atoms with E-state index in [0.717, 1.165) is 25.7 Å². The van der Waals surface area contributed by atoms with E-state index in [-0.39, 0.29) is 0 Å². The van der Waals surface area contributed by atoms with Crippen LogP contribution in [0.25, 0.3) is 0 Å². The van der Waals surface area contributed by atoms with Crippen LogP contribution in [0.5, 0.6) is 0 Å². The van der Waals surface area contributed by atoms with Gasteiger partial charge in [-0.25, -0.2) is 0 Å². The van der Waals surface area contributed by atoms with Crippen molar-refractivity contribution in [2.24, 2.45) is 0 Å². The Bertz CT molecular complexity index is 927. The monoisotopic (exact) mass is 404 g/mol. The molecule has 2 aromatic carbocycles. The largest absolute Gasteiger partial charge is 0.217 e. The number of hydrogen-bond acceptors (Lipinski definition) is 0. The molecule has 0 radical (unpaired) electrons. The van der Waals surface area contributed by atoms with Crippen molar-refractivity contribution in [3.63, 3.8) is 0 Å². The zero-order chi connectivity index (χ0) is 21.6. The lowest BCUT2D eigenvalue weighted by Crippen LogP contribution is -1.86. The molecule has 0 aromatic heterocycles. The molecule has 0 saturated carbocycles. The molecule has 0 saturated heterocycles. The van der Waals surface area contributed by atoms with Crippen molar-refractivity contribution in [1.82, 2.24) is 0 Å². The SMILES string of the molecule is CCCCCCc1ccc(C#CC(F)=C(F)C#Cc2ccc(CCCC)cc2)cc1. The maximum Gasteiger partial charge on any atom is 0.217 e. The van der Waals surface area contributed by atoms with Crippen molar-refractivity contribution in [2.75, 3.05) is 0 Å². The van der Waals surface area contributed by atoms with Crippen LogP contribution in [0, 0.1) is 23.7 Å². The second kappa shape index (κ2) is 13.4. The molecule has 0 nitrogen and oxygen atoms in total. The molecule has 0 atom stereocenters. The van der Waals surface area contributed by atoms with Gasteiger partial charge in [0.25, 0.3) is 0 Å². The van der Waals surface area contributed by atoms with Crippen LogP contribution in [0.2, 0.25) is 0 Å². The third-order valence-corrected chi connectivity index (χ3v) is 4.87. The van der Waals surface area contributed by atoms with Gasteiger partial charge in [-0.2, -0.15) is 8.78 Å². The first-order valence-corrected chi connectivity index (χ1v) is 10.9. The molecule has 30 heavy (non-hydrogen) atoms. The Morgan fingerprint density at radius 1 is 0.600 bits per heavy atom. The summed E-state index contributed by atoms with van der Waals surface area (Å²) in [4.78, 5) is 0. The first kappa shape index (κ1) is 23.4. The van der Waals surface area contributed by atoms with Crippen LogP contribution in [-0.2, 0) is 12.8 Å². The molecule has 156 valence electrons. The Kier molecular flexibility index (Phi) is 10.5. The molecule has 0 fully saturated rings. The first-order valence-electron chi connectivity index (χ1n) is 10.9. The van der Waals surface area contributed by atoms with E-state index in [1.54, 1.807) is 0 Å². The summed E-state index contributed by atoms with van der Waals surface area (Å²) in [6, 6.07) is 15.3. The highest BCUT2D eigenvalue weighted by Crippen LogP contribution is 2.11. The van der Waals surface area contributed by atoms with Crippen LogP contribution in [0.4, 0.5) is 8.78 Å². The molecular weight excluding hydrogens is 374 g/mol.